The largest absolute Gasteiger partial charge is 0.0533 e. The molecule has 0 aromatic heterocycles. The molecule has 0 amide bonds. The Kier molecular flexibility index (Phi) is 7.15. The summed E-state index contributed by atoms with van der Waals surface area (Å²) < 4.78 is 0. The fourth-order valence-electron chi connectivity index (χ4n) is 6.21. The van der Waals surface area contributed by atoms with Crippen molar-refractivity contribution >= 4 is 0 Å². The Balaban J connectivity index is 1.57. The second kappa shape index (κ2) is 9.33. The molecule has 2 bridgehead atoms. The fourth-order valence-corrected chi connectivity index (χ4v) is 6.21. The van der Waals surface area contributed by atoms with Crippen molar-refractivity contribution in [2.75, 3.05) is 0 Å². The Bertz CT molecular complexity index is 266. The van der Waals surface area contributed by atoms with Gasteiger partial charge >= 0.3 is 0 Å². The molecule has 0 aromatic carbocycles. The molecule has 2 unspecified atom stereocenters. The Labute approximate surface area is 139 Å². The van der Waals surface area contributed by atoms with Gasteiger partial charge in [0.2, 0.25) is 0 Å². The van der Waals surface area contributed by atoms with Gasteiger partial charge < -0.3 is 0 Å². The highest BCUT2D eigenvalue weighted by molar-refractivity contribution is 4.90. The van der Waals surface area contributed by atoms with Crippen LogP contribution in [0.3, 0.4) is 0 Å². The molecule has 3 aliphatic rings. The van der Waals surface area contributed by atoms with E-state index < -0.39 is 0 Å². The van der Waals surface area contributed by atoms with Gasteiger partial charge in [0, 0.05) is 0 Å². The number of fused-ring (bicyclic) bond motifs is 2. The third-order valence-corrected chi connectivity index (χ3v) is 7.34. The van der Waals surface area contributed by atoms with E-state index in [2.05, 4.69) is 0 Å². The van der Waals surface area contributed by atoms with Crippen LogP contribution in [0, 0.1) is 23.7 Å². The molecular weight excluding hydrogens is 264 g/mol. The van der Waals surface area contributed by atoms with E-state index in [9.17, 15) is 0 Å². The molecule has 0 aliphatic heterocycles. The van der Waals surface area contributed by atoms with E-state index in [1.807, 2.05) is 0 Å². The first kappa shape index (κ1) is 16.8. The molecule has 0 nitrogen and oxygen atoms in total. The summed E-state index contributed by atoms with van der Waals surface area (Å²) in [6.07, 6.45) is 27.8. The third kappa shape index (κ3) is 4.75. The second-order valence-corrected chi connectivity index (χ2v) is 8.83. The van der Waals surface area contributed by atoms with Crippen LogP contribution in [-0.4, -0.2) is 0 Å². The summed E-state index contributed by atoms with van der Waals surface area (Å²) in [7, 11) is 0. The van der Waals surface area contributed by atoms with Gasteiger partial charge in [0.25, 0.3) is 0 Å². The molecule has 3 aliphatic carbocycles. The lowest BCUT2D eigenvalue weighted by atomic mass is 9.74. The molecule has 3 fully saturated rings. The lowest BCUT2D eigenvalue weighted by Gasteiger charge is -2.31. The minimum atomic E-state index is 1.12. The van der Waals surface area contributed by atoms with Crippen LogP contribution in [0.15, 0.2) is 0 Å². The maximum absolute atomic E-state index is 1.59. The molecule has 0 heterocycles. The first-order valence-corrected chi connectivity index (χ1v) is 10.9. The second-order valence-electron chi connectivity index (χ2n) is 8.83. The van der Waals surface area contributed by atoms with Gasteiger partial charge in [-0.15, -0.1) is 0 Å². The SMILES string of the molecule is C1CCCCCCC2CCC(CCCCC1)C2C1CCCC1. The highest BCUT2D eigenvalue weighted by Crippen LogP contribution is 2.50. The predicted octanol–water partition coefficient (Wildman–Crippen LogP) is 7.51. The first-order valence-electron chi connectivity index (χ1n) is 10.9. The van der Waals surface area contributed by atoms with Crippen LogP contribution in [-0.2, 0) is 0 Å². The zero-order valence-electron chi connectivity index (χ0n) is 15.0. The number of hydrogen-bond donors (Lipinski definition) is 0. The van der Waals surface area contributed by atoms with E-state index in [-0.39, 0.29) is 0 Å². The zero-order chi connectivity index (χ0) is 15.0. The predicted molar refractivity (Wildman–Crippen MR) is 97.1 cm³/mol. The zero-order valence-corrected chi connectivity index (χ0v) is 15.0. The van der Waals surface area contributed by atoms with Crippen molar-refractivity contribution in [3.05, 3.63) is 0 Å². The number of hydrogen-bond acceptors (Lipinski definition) is 0. The van der Waals surface area contributed by atoms with E-state index in [0.717, 1.165) is 23.7 Å². The Morgan fingerprint density at radius 3 is 0.955 bits per heavy atom. The van der Waals surface area contributed by atoms with Gasteiger partial charge in [-0.3, -0.25) is 0 Å². The smallest absolute Gasteiger partial charge is 0.0329 e. The van der Waals surface area contributed by atoms with E-state index >= 15 is 0 Å². The summed E-state index contributed by atoms with van der Waals surface area (Å²) >= 11 is 0. The van der Waals surface area contributed by atoms with Crippen LogP contribution in [0.1, 0.15) is 116 Å². The van der Waals surface area contributed by atoms with Gasteiger partial charge in [0.15, 0.2) is 0 Å². The van der Waals surface area contributed by atoms with Gasteiger partial charge in [-0.2, -0.15) is 0 Å². The molecule has 0 radical (unpaired) electrons. The van der Waals surface area contributed by atoms with E-state index in [1.54, 1.807) is 64.2 Å². The highest BCUT2D eigenvalue weighted by Gasteiger charge is 2.40. The van der Waals surface area contributed by atoms with Crippen molar-refractivity contribution in [1.82, 2.24) is 0 Å². The lowest BCUT2D eigenvalue weighted by Crippen LogP contribution is -2.23. The van der Waals surface area contributed by atoms with Crippen molar-refractivity contribution in [3.63, 3.8) is 0 Å². The number of rotatable bonds is 1. The maximum atomic E-state index is 1.59. The minimum absolute atomic E-state index is 1.12. The molecule has 0 heteroatoms. The molecule has 3 saturated carbocycles. The quantitative estimate of drug-likeness (QED) is 0.470. The van der Waals surface area contributed by atoms with Crippen LogP contribution in [0.5, 0.6) is 0 Å². The van der Waals surface area contributed by atoms with Crippen LogP contribution < -0.4 is 0 Å². The van der Waals surface area contributed by atoms with Crippen molar-refractivity contribution in [2.45, 2.75) is 116 Å². The highest BCUT2D eigenvalue weighted by atomic mass is 14.5. The molecule has 0 aromatic rings. The maximum Gasteiger partial charge on any atom is -0.0329 e. The van der Waals surface area contributed by atoms with E-state index in [4.69, 9.17) is 0 Å². The van der Waals surface area contributed by atoms with Crippen LogP contribution in [0.25, 0.3) is 0 Å². The van der Waals surface area contributed by atoms with Gasteiger partial charge in [-0.25, -0.2) is 0 Å². The summed E-state index contributed by atoms with van der Waals surface area (Å²) in [5.41, 5.74) is 0. The Hall–Kier alpha value is 0. The van der Waals surface area contributed by atoms with Crippen molar-refractivity contribution < 1.29 is 0 Å². The average Bonchev–Trinajstić information content (AvgIpc) is 3.16. The van der Waals surface area contributed by atoms with Crippen molar-refractivity contribution in [3.8, 4) is 0 Å². The third-order valence-electron chi connectivity index (χ3n) is 7.34. The van der Waals surface area contributed by atoms with Crippen LogP contribution in [0.4, 0.5) is 0 Å². The lowest BCUT2D eigenvalue weighted by molar-refractivity contribution is 0.185. The molecule has 0 spiro atoms. The van der Waals surface area contributed by atoms with Gasteiger partial charge in [-0.05, 0) is 36.5 Å². The fraction of sp³-hybridized carbons (Fsp3) is 1.00. The van der Waals surface area contributed by atoms with Crippen LogP contribution >= 0.6 is 0 Å². The van der Waals surface area contributed by atoms with Gasteiger partial charge in [0.1, 0.15) is 0 Å². The normalized spacial score (nSPS) is 36.8. The molecule has 0 saturated heterocycles. The molecule has 3 rings (SSSR count). The average molecular weight is 305 g/mol. The molecular formula is C22H40. The summed E-state index contributed by atoms with van der Waals surface area (Å²) in [5, 5.41) is 0. The molecule has 0 N–H and O–H groups in total. The molecule has 2 atom stereocenters. The van der Waals surface area contributed by atoms with E-state index in [1.165, 1.54) is 51.4 Å². The summed E-state index contributed by atoms with van der Waals surface area (Å²) in [6, 6.07) is 0. The Morgan fingerprint density at radius 2 is 0.545 bits per heavy atom. The first-order chi connectivity index (χ1) is 10.9. The minimum Gasteiger partial charge on any atom is -0.0533 e. The summed E-state index contributed by atoms with van der Waals surface area (Å²) in [6.45, 7) is 0. The van der Waals surface area contributed by atoms with Crippen molar-refractivity contribution in [1.29, 1.82) is 0 Å². The molecule has 128 valence electrons. The van der Waals surface area contributed by atoms with Gasteiger partial charge in [-0.1, -0.05) is 103 Å². The monoisotopic (exact) mass is 304 g/mol. The summed E-state index contributed by atoms with van der Waals surface area (Å²) in [5.74, 6) is 4.53. The topological polar surface area (TPSA) is 0 Å². The van der Waals surface area contributed by atoms with Crippen molar-refractivity contribution in [2.24, 2.45) is 23.7 Å². The Morgan fingerprint density at radius 1 is 0.273 bits per heavy atom. The van der Waals surface area contributed by atoms with Crippen LogP contribution in [0.2, 0.25) is 0 Å². The van der Waals surface area contributed by atoms with Gasteiger partial charge in [0.05, 0.1) is 0 Å². The molecule has 22 heavy (non-hydrogen) atoms. The van der Waals surface area contributed by atoms with E-state index in [0.29, 0.717) is 0 Å². The summed E-state index contributed by atoms with van der Waals surface area (Å²) in [4.78, 5) is 0. The standard InChI is InChI=1S/C22H40/c1-2-4-6-8-10-14-21-18-17-20(13-9-7-5-3-1)22(21)19-15-11-12-16-19/h19-22H,1-18H2.